The first-order valence-electron chi connectivity index (χ1n) is 10.8. The standard InChI is InChI=1S/C21H32FN5O3/c1-15(14-28-2)25-21(24-13-16-12-19-18(30-16)5-11-29-19)27-9-7-26(8-10-27)20-17(22)4-3-6-23-20/h3-4,6,15-16,18-19H,5,7-14H2,1-2H3,(H,24,25). The topological polar surface area (TPSA) is 71.5 Å². The van der Waals surface area contributed by atoms with E-state index >= 15 is 0 Å². The molecular weight excluding hydrogens is 389 g/mol. The minimum Gasteiger partial charge on any atom is -0.383 e. The molecule has 3 saturated heterocycles. The summed E-state index contributed by atoms with van der Waals surface area (Å²) in [7, 11) is 1.69. The number of anilines is 1. The molecule has 1 N–H and O–H groups in total. The van der Waals surface area contributed by atoms with Crippen molar-refractivity contribution in [2.75, 3.05) is 57.9 Å². The number of nitrogens with one attached hydrogen (secondary N) is 1. The van der Waals surface area contributed by atoms with Crippen molar-refractivity contribution < 1.29 is 18.6 Å². The van der Waals surface area contributed by atoms with Crippen LogP contribution in [0.2, 0.25) is 0 Å². The molecule has 0 amide bonds. The van der Waals surface area contributed by atoms with Gasteiger partial charge in [-0.25, -0.2) is 9.37 Å². The smallest absolute Gasteiger partial charge is 0.194 e. The van der Waals surface area contributed by atoms with Gasteiger partial charge in [-0.3, -0.25) is 4.99 Å². The van der Waals surface area contributed by atoms with Crippen molar-refractivity contribution in [1.82, 2.24) is 15.2 Å². The molecule has 3 aliphatic rings. The summed E-state index contributed by atoms with van der Waals surface area (Å²) in [5, 5.41) is 3.48. The van der Waals surface area contributed by atoms with Gasteiger partial charge in [0.25, 0.3) is 0 Å². The van der Waals surface area contributed by atoms with E-state index in [1.165, 1.54) is 6.07 Å². The number of halogens is 1. The summed E-state index contributed by atoms with van der Waals surface area (Å²) in [6, 6.07) is 3.20. The summed E-state index contributed by atoms with van der Waals surface area (Å²) < 4.78 is 31.2. The molecule has 0 bridgehead atoms. The van der Waals surface area contributed by atoms with Gasteiger partial charge < -0.3 is 29.3 Å². The molecular formula is C21H32FN5O3. The van der Waals surface area contributed by atoms with Gasteiger partial charge in [0.15, 0.2) is 17.6 Å². The predicted molar refractivity (Wildman–Crippen MR) is 112 cm³/mol. The maximum Gasteiger partial charge on any atom is 0.194 e. The minimum absolute atomic E-state index is 0.0961. The van der Waals surface area contributed by atoms with Crippen LogP contribution in [-0.2, 0) is 14.2 Å². The summed E-state index contributed by atoms with van der Waals surface area (Å²) in [5.74, 6) is 0.988. The number of nitrogens with zero attached hydrogens (tertiary/aromatic N) is 4. The molecule has 1 aromatic rings. The highest BCUT2D eigenvalue weighted by atomic mass is 19.1. The summed E-state index contributed by atoms with van der Waals surface area (Å²) >= 11 is 0. The first kappa shape index (κ1) is 21.3. The van der Waals surface area contributed by atoms with Gasteiger partial charge in [-0.05, 0) is 25.5 Å². The number of ether oxygens (including phenoxy) is 3. The van der Waals surface area contributed by atoms with Crippen LogP contribution in [0.1, 0.15) is 19.8 Å². The van der Waals surface area contributed by atoms with Crippen molar-refractivity contribution in [2.45, 2.75) is 44.1 Å². The van der Waals surface area contributed by atoms with Crippen LogP contribution in [0.15, 0.2) is 23.3 Å². The van der Waals surface area contributed by atoms with Crippen LogP contribution in [0.5, 0.6) is 0 Å². The average Bonchev–Trinajstić information content (AvgIpc) is 3.34. The van der Waals surface area contributed by atoms with E-state index in [9.17, 15) is 4.39 Å². The third kappa shape index (κ3) is 5.01. The number of aromatic nitrogens is 1. The largest absolute Gasteiger partial charge is 0.383 e. The second kappa shape index (κ2) is 9.89. The first-order chi connectivity index (χ1) is 14.6. The quantitative estimate of drug-likeness (QED) is 0.548. The number of pyridine rings is 1. The van der Waals surface area contributed by atoms with Crippen molar-refractivity contribution in [1.29, 1.82) is 0 Å². The lowest BCUT2D eigenvalue weighted by atomic mass is 10.1. The van der Waals surface area contributed by atoms with E-state index in [0.717, 1.165) is 38.5 Å². The summed E-state index contributed by atoms with van der Waals surface area (Å²) in [6.45, 7) is 6.92. The SMILES string of the molecule is COCC(C)NC(=NCC1CC2OCCC2O1)N1CCN(c2ncccc2F)CC1. The summed E-state index contributed by atoms with van der Waals surface area (Å²) in [6.07, 6.45) is 4.07. The molecule has 0 saturated carbocycles. The van der Waals surface area contributed by atoms with E-state index in [-0.39, 0.29) is 30.2 Å². The maximum atomic E-state index is 14.1. The Bertz CT molecular complexity index is 716. The van der Waals surface area contributed by atoms with Gasteiger partial charge in [0.2, 0.25) is 0 Å². The molecule has 4 atom stereocenters. The highest BCUT2D eigenvalue weighted by Crippen LogP contribution is 2.30. The fourth-order valence-electron chi connectivity index (χ4n) is 4.36. The Morgan fingerprint density at radius 2 is 2.20 bits per heavy atom. The molecule has 4 heterocycles. The molecule has 30 heavy (non-hydrogen) atoms. The van der Waals surface area contributed by atoms with Gasteiger partial charge in [-0.1, -0.05) is 0 Å². The Morgan fingerprint density at radius 1 is 1.37 bits per heavy atom. The summed E-state index contributed by atoms with van der Waals surface area (Å²) in [5.41, 5.74) is 0. The van der Waals surface area contributed by atoms with Crippen LogP contribution >= 0.6 is 0 Å². The Hall–Kier alpha value is -1.97. The highest BCUT2D eigenvalue weighted by molar-refractivity contribution is 5.80. The third-order valence-electron chi connectivity index (χ3n) is 5.87. The molecule has 9 heteroatoms. The molecule has 1 aromatic heterocycles. The molecule has 3 fully saturated rings. The van der Waals surface area contributed by atoms with E-state index in [0.29, 0.717) is 32.1 Å². The fraction of sp³-hybridized carbons (Fsp3) is 0.714. The van der Waals surface area contributed by atoms with E-state index in [4.69, 9.17) is 19.2 Å². The van der Waals surface area contributed by atoms with Crippen molar-refractivity contribution in [3.05, 3.63) is 24.1 Å². The Kier molecular flexibility index (Phi) is 7.01. The van der Waals surface area contributed by atoms with E-state index in [2.05, 4.69) is 22.1 Å². The molecule has 0 radical (unpaired) electrons. The normalized spacial score (nSPS) is 28.0. The first-order valence-corrected chi connectivity index (χ1v) is 10.8. The molecule has 0 spiro atoms. The predicted octanol–water partition coefficient (Wildman–Crippen LogP) is 1.27. The Labute approximate surface area is 177 Å². The number of hydrogen-bond donors (Lipinski definition) is 1. The minimum atomic E-state index is -0.280. The molecule has 3 aliphatic heterocycles. The number of piperazine rings is 1. The molecule has 0 aliphatic carbocycles. The average molecular weight is 422 g/mol. The van der Waals surface area contributed by atoms with E-state index in [1.807, 2.05) is 4.90 Å². The van der Waals surface area contributed by atoms with Gasteiger partial charge >= 0.3 is 0 Å². The van der Waals surface area contributed by atoms with E-state index in [1.54, 1.807) is 19.4 Å². The lowest BCUT2D eigenvalue weighted by Gasteiger charge is -2.38. The van der Waals surface area contributed by atoms with Crippen molar-refractivity contribution in [3.8, 4) is 0 Å². The second-order valence-corrected chi connectivity index (χ2v) is 8.18. The number of rotatable bonds is 6. The molecule has 8 nitrogen and oxygen atoms in total. The Morgan fingerprint density at radius 3 is 2.93 bits per heavy atom. The number of hydrogen-bond acceptors (Lipinski definition) is 6. The molecule has 4 rings (SSSR count). The van der Waals surface area contributed by atoms with Crippen LogP contribution in [0.3, 0.4) is 0 Å². The lowest BCUT2D eigenvalue weighted by Crippen LogP contribution is -2.55. The number of methoxy groups -OCH3 is 1. The van der Waals surface area contributed by atoms with Crippen molar-refractivity contribution >= 4 is 11.8 Å². The van der Waals surface area contributed by atoms with Gasteiger partial charge in [-0.15, -0.1) is 0 Å². The molecule has 4 unspecified atom stereocenters. The molecule has 166 valence electrons. The number of aliphatic imine (C=N–C) groups is 1. The number of fused-ring (bicyclic) bond motifs is 1. The van der Waals surface area contributed by atoms with Crippen molar-refractivity contribution in [2.24, 2.45) is 4.99 Å². The van der Waals surface area contributed by atoms with Crippen LogP contribution < -0.4 is 10.2 Å². The zero-order valence-electron chi connectivity index (χ0n) is 17.8. The monoisotopic (exact) mass is 421 g/mol. The number of guanidine groups is 1. The van der Waals surface area contributed by atoms with Gasteiger partial charge in [0, 0.05) is 58.6 Å². The van der Waals surface area contributed by atoms with Crippen LogP contribution in [0.4, 0.5) is 10.2 Å². The maximum absolute atomic E-state index is 14.1. The Balaban J connectivity index is 1.38. The lowest BCUT2D eigenvalue weighted by molar-refractivity contribution is 0.0427. The molecule has 0 aromatic carbocycles. The van der Waals surface area contributed by atoms with Crippen LogP contribution in [0.25, 0.3) is 0 Å². The highest BCUT2D eigenvalue weighted by Gasteiger charge is 2.39. The van der Waals surface area contributed by atoms with Crippen LogP contribution in [0, 0.1) is 5.82 Å². The van der Waals surface area contributed by atoms with Gasteiger partial charge in [0.05, 0.1) is 31.5 Å². The second-order valence-electron chi connectivity index (χ2n) is 8.18. The third-order valence-corrected chi connectivity index (χ3v) is 5.87. The zero-order chi connectivity index (χ0) is 20.9. The van der Waals surface area contributed by atoms with Crippen LogP contribution in [-0.4, -0.2) is 93.2 Å². The van der Waals surface area contributed by atoms with Crippen molar-refractivity contribution in [3.63, 3.8) is 0 Å². The van der Waals surface area contributed by atoms with Gasteiger partial charge in [0.1, 0.15) is 0 Å². The van der Waals surface area contributed by atoms with E-state index < -0.39 is 0 Å². The summed E-state index contributed by atoms with van der Waals surface area (Å²) in [4.78, 5) is 13.3. The zero-order valence-corrected chi connectivity index (χ0v) is 17.8. The fourth-order valence-corrected chi connectivity index (χ4v) is 4.36. The van der Waals surface area contributed by atoms with Gasteiger partial charge in [-0.2, -0.15) is 0 Å².